The molecule has 2 bridgehead atoms. The largest absolute Gasteiger partial charge is 0.367 e. The highest BCUT2D eigenvalue weighted by Gasteiger charge is 2.41. The van der Waals surface area contributed by atoms with Crippen molar-refractivity contribution in [1.82, 2.24) is 15.1 Å². The molecule has 21 heavy (non-hydrogen) atoms. The first-order valence-electron chi connectivity index (χ1n) is 7.48. The molecule has 2 saturated heterocycles. The zero-order chi connectivity index (χ0) is 14.4. The highest BCUT2D eigenvalue weighted by atomic mass is 79.9. The van der Waals surface area contributed by atoms with Crippen LogP contribution in [-0.4, -0.2) is 28.5 Å². The van der Waals surface area contributed by atoms with E-state index in [-0.39, 0.29) is 6.10 Å². The summed E-state index contributed by atoms with van der Waals surface area (Å²) in [4.78, 5) is 0. The molecule has 2 aliphatic heterocycles. The molecule has 1 aromatic carbocycles. The van der Waals surface area contributed by atoms with Gasteiger partial charge in [0.15, 0.2) is 0 Å². The van der Waals surface area contributed by atoms with Gasteiger partial charge in [-0.05, 0) is 46.5 Å². The minimum Gasteiger partial charge on any atom is -0.367 e. The average molecular weight is 348 g/mol. The van der Waals surface area contributed by atoms with Gasteiger partial charge in [0.25, 0.3) is 0 Å². The fourth-order valence-electron chi connectivity index (χ4n) is 3.26. The van der Waals surface area contributed by atoms with Crippen molar-refractivity contribution in [2.75, 3.05) is 6.54 Å². The third kappa shape index (κ3) is 2.33. The van der Waals surface area contributed by atoms with E-state index >= 15 is 0 Å². The lowest BCUT2D eigenvalue weighted by Crippen LogP contribution is -2.33. The summed E-state index contributed by atoms with van der Waals surface area (Å²) >= 11 is 3.55. The number of hydrogen-bond donors (Lipinski definition) is 1. The van der Waals surface area contributed by atoms with Crippen molar-refractivity contribution in [2.24, 2.45) is 0 Å². The molecular weight excluding hydrogens is 330 g/mol. The summed E-state index contributed by atoms with van der Waals surface area (Å²) in [6.45, 7) is 3.11. The summed E-state index contributed by atoms with van der Waals surface area (Å²) in [6, 6.07) is 9.02. The van der Waals surface area contributed by atoms with Crippen molar-refractivity contribution in [3.8, 4) is 5.69 Å². The molecule has 1 N–H and O–H groups in total. The summed E-state index contributed by atoms with van der Waals surface area (Å²) in [5, 5.41) is 8.11. The lowest BCUT2D eigenvalue weighted by molar-refractivity contribution is 0.0160. The summed E-state index contributed by atoms with van der Waals surface area (Å²) in [6.07, 6.45) is 4.68. The molecule has 2 aromatic rings. The molecular formula is C16H18BrN3O. The van der Waals surface area contributed by atoms with Gasteiger partial charge >= 0.3 is 0 Å². The molecule has 3 heterocycles. The van der Waals surface area contributed by atoms with Crippen LogP contribution in [0, 0.1) is 0 Å². The lowest BCUT2D eigenvalue weighted by atomic mass is 10.0. The molecule has 4 rings (SSSR count). The standard InChI is InChI=1S/C16H18BrN3O/c1-2-14-13(17)9-20(19-14)11-5-3-10(4-6-11)16-15-7-12(21-16)8-18-15/h3-6,9,12,15-16,18H,2,7-8H2,1H3/t12-,15-,16+/m1/s1. The Labute approximate surface area is 132 Å². The third-order valence-electron chi connectivity index (χ3n) is 4.39. The van der Waals surface area contributed by atoms with Gasteiger partial charge in [-0.3, -0.25) is 0 Å². The number of halogens is 1. The number of nitrogens with one attached hydrogen (secondary N) is 1. The van der Waals surface area contributed by atoms with Gasteiger partial charge in [0.05, 0.1) is 28.1 Å². The Bertz CT molecular complexity index is 652. The molecule has 0 spiro atoms. The summed E-state index contributed by atoms with van der Waals surface area (Å²) in [5.41, 5.74) is 3.41. The van der Waals surface area contributed by atoms with Crippen LogP contribution >= 0.6 is 15.9 Å². The molecule has 2 aliphatic rings. The zero-order valence-corrected chi connectivity index (χ0v) is 13.5. The van der Waals surface area contributed by atoms with Gasteiger partial charge in [0.1, 0.15) is 0 Å². The fraction of sp³-hybridized carbons (Fsp3) is 0.438. The van der Waals surface area contributed by atoms with Crippen LogP contribution in [0.5, 0.6) is 0 Å². The number of fused-ring (bicyclic) bond motifs is 2. The summed E-state index contributed by atoms with van der Waals surface area (Å²) < 4.78 is 9.03. The second kappa shape index (κ2) is 5.23. The second-order valence-electron chi connectivity index (χ2n) is 5.74. The van der Waals surface area contributed by atoms with Crippen LogP contribution in [0.2, 0.25) is 0 Å². The van der Waals surface area contributed by atoms with Crippen molar-refractivity contribution in [2.45, 2.75) is 38.0 Å². The smallest absolute Gasteiger partial charge is 0.0983 e. The molecule has 0 saturated carbocycles. The number of rotatable bonds is 3. The van der Waals surface area contributed by atoms with Crippen LogP contribution in [0.3, 0.4) is 0 Å². The lowest BCUT2D eigenvalue weighted by Gasteiger charge is -2.23. The maximum Gasteiger partial charge on any atom is 0.0983 e. The van der Waals surface area contributed by atoms with Crippen molar-refractivity contribution < 1.29 is 4.74 Å². The van der Waals surface area contributed by atoms with E-state index in [4.69, 9.17) is 4.74 Å². The number of morpholine rings is 1. The van der Waals surface area contributed by atoms with E-state index in [1.807, 2.05) is 10.9 Å². The van der Waals surface area contributed by atoms with Gasteiger partial charge in [-0.1, -0.05) is 19.1 Å². The van der Waals surface area contributed by atoms with Crippen LogP contribution in [0.4, 0.5) is 0 Å². The number of nitrogens with zero attached hydrogens (tertiary/aromatic N) is 2. The molecule has 2 fully saturated rings. The fourth-order valence-corrected chi connectivity index (χ4v) is 3.81. The van der Waals surface area contributed by atoms with Crippen LogP contribution in [0.25, 0.3) is 5.69 Å². The monoisotopic (exact) mass is 347 g/mol. The second-order valence-corrected chi connectivity index (χ2v) is 6.60. The van der Waals surface area contributed by atoms with Crippen LogP contribution in [0.15, 0.2) is 34.9 Å². The highest BCUT2D eigenvalue weighted by Crippen LogP contribution is 2.36. The van der Waals surface area contributed by atoms with E-state index in [9.17, 15) is 0 Å². The van der Waals surface area contributed by atoms with Crippen LogP contribution < -0.4 is 5.32 Å². The first kappa shape index (κ1) is 13.5. The van der Waals surface area contributed by atoms with Crippen molar-refractivity contribution in [3.05, 3.63) is 46.2 Å². The average Bonchev–Trinajstić information content (AvgIpc) is 3.22. The molecule has 5 heteroatoms. The SMILES string of the molecule is CCc1nn(-c2ccc([C@@H]3O[C@H]4CN[C@@H]3C4)cc2)cc1Br. The van der Waals surface area contributed by atoms with Crippen LogP contribution in [-0.2, 0) is 11.2 Å². The van der Waals surface area contributed by atoms with Gasteiger partial charge in [0.2, 0.25) is 0 Å². The van der Waals surface area contributed by atoms with Crippen LogP contribution in [0.1, 0.15) is 30.7 Å². The first-order valence-corrected chi connectivity index (χ1v) is 8.27. The Kier molecular flexibility index (Phi) is 3.36. The number of ether oxygens (including phenoxy) is 1. The van der Waals surface area contributed by atoms with Crippen molar-refractivity contribution in [3.63, 3.8) is 0 Å². The van der Waals surface area contributed by atoms with Gasteiger partial charge in [-0.2, -0.15) is 5.10 Å². The quantitative estimate of drug-likeness (QED) is 0.927. The highest BCUT2D eigenvalue weighted by molar-refractivity contribution is 9.10. The predicted molar refractivity (Wildman–Crippen MR) is 84.7 cm³/mol. The molecule has 1 aromatic heterocycles. The van der Waals surface area contributed by atoms with Crippen molar-refractivity contribution in [1.29, 1.82) is 0 Å². The number of aromatic nitrogens is 2. The number of hydrogen-bond acceptors (Lipinski definition) is 3. The maximum atomic E-state index is 6.04. The number of benzene rings is 1. The minimum atomic E-state index is 0.202. The molecule has 0 amide bonds. The molecule has 110 valence electrons. The molecule has 0 unspecified atom stereocenters. The molecule has 0 radical (unpaired) electrons. The van der Waals surface area contributed by atoms with Gasteiger partial charge in [0, 0.05) is 18.8 Å². The molecule has 3 atom stereocenters. The van der Waals surface area contributed by atoms with E-state index in [0.29, 0.717) is 12.1 Å². The minimum absolute atomic E-state index is 0.202. The van der Waals surface area contributed by atoms with E-state index in [2.05, 4.69) is 57.5 Å². The topological polar surface area (TPSA) is 39.1 Å². The Hall–Kier alpha value is -1.17. The summed E-state index contributed by atoms with van der Waals surface area (Å²) in [7, 11) is 0. The van der Waals surface area contributed by atoms with Gasteiger partial charge in [-0.15, -0.1) is 0 Å². The Morgan fingerprint density at radius 2 is 2.19 bits per heavy atom. The van der Waals surface area contributed by atoms with E-state index in [1.54, 1.807) is 0 Å². The molecule has 0 aliphatic carbocycles. The maximum absolute atomic E-state index is 6.04. The Morgan fingerprint density at radius 1 is 1.38 bits per heavy atom. The zero-order valence-electron chi connectivity index (χ0n) is 11.9. The first-order chi connectivity index (χ1) is 10.2. The van der Waals surface area contributed by atoms with E-state index < -0.39 is 0 Å². The van der Waals surface area contributed by atoms with Gasteiger partial charge < -0.3 is 10.1 Å². The van der Waals surface area contributed by atoms with E-state index in [0.717, 1.165) is 35.2 Å². The normalized spacial score (nSPS) is 27.4. The Balaban J connectivity index is 1.58. The summed E-state index contributed by atoms with van der Waals surface area (Å²) in [5.74, 6) is 0. The molecule has 4 nitrogen and oxygen atoms in total. The third-order valence-corrected chi connectivity index (χ3v) is 5.05. The Morgan fingerprint density at radius 3 is 2.76 bits per heavy atom. The van der Waals surface area contributed by atoms with E-state index in [1.165, 1.54) is 5.56 Å². The number of aryl methyl sites for hydroxylation is 1. The van der Waals surface area contributed by atoms with Crippen molar-refractivity contribution >= 4 is 15.9 Å². The van der Waals surface area contributed by atoms with Gasteiger partial charge in [-0.25, -0.2) is 4.68 Å². The predicted octanol–water partition coefficient (Wildman–Crippen LogP) is 3.00.